The molecular formula is C14H13NO5S. The largest absolute Gasteiger partial charge is 0.477 e. The summed E-state index contributed by atoms with van der Waals surface area (Å²) in [5, 5.41) is 12.5. The Kier molecular flexibility index (Phi) is 3.87. The van der Waals surface area contributed by atoms with Crippen LogP contribution in [0.1, 0.15) is 9.67 Å². The third-order valence-electron chi connectivity index (χ3n) is 3.10. The molecule has 2 heterocycles. The second-order valence-corrected chi connectivity index (χ2v) is 5.68. The van der Waals surface area contributed by atoms with Crippen molar-refractivity contribution < 1.29 is 24.2 Å². The Labute approximate surface area is 124 Å². The van der Waals surface area contributed by atoms with E-state index in [0.717, 1.165) is 10.1 Å². The predicted molar refractivity (Wildman–Crippen MR) is 78.0 cm³/mol. The van der Waals surface area contributed by atoms with Gasteiger partial charge in [-0.3, -0.25) is 4.79 Å². The van der Waals surface area contributed by atoms with Gasteiger partial charge in [-0.2, -0.15) is 0 Å². The number of hydrogen-bond donors (Lipinski definition) is 2. The summed E-state index contributed by atoms with van der Waals surface area (Å²) in [6.45, 7) is 1.15. The van der Waals surface area contributed by atoms with Crippen LogP contribution < -0.4 is 5.32 Å². The minimum absolute atomic E-state index is 0.246. The number of amides is 1. The second-order valence-electron chi connectivity index (χ2n) is 4.59. The van der Waals surface area contributed by atoms with Crippen molar-refractivity contribution in [3.8, 4) is 0 Å². The molecule has 1 aliphatic rings. The fourth-order valence-electron chi connectivity index (χ4n) is 2.09. The summed E-state index contributed by atoms with van der Waals surface area (Å²) in [5.41, 5.74) is 0.608. The Morgan fingerprint density at radius 1 is 1.29 bits per heavy atom. The predicted octanol–water partition coefficient (Wildman–Crippen LogP) is 1.95. The lowest BCUT2D eigenvalue weighted by atomic mass is 10.2. The first-order valence-corrected chi connectivity index (χ1v) is 7.22. The molecule has 1 atom stereocenters. The number of anilines is 1. The van der Waals surface area contributed by atoms with E-state index in [1.54, 1.807) is 24.3 Å². The molecule has 2 N–H and O–H groups in total. The molecular weight excluding hydrogens is 294 g/mol. The molecule has 0 bridgehead atoms. The number of thiophene rings is 1. The van der Waals surface area contributed by atoms with Crippen LogP contribution in [0.3, 0.4) is 0 Å². The van der Waals surface area contributed by atoms with Crippen LogP contribution in [0.5, 0.6) is 0 Å². The summed E-state index contributed by atoms with van der Waals surface area (Å²) in [6, 6.07) is 6.88. The third kappa shape index (κ3) is 3.05. The molecule has 0 unspecified atom stereocenters. The molecule has 1 aromatic carbocycles. The van der Waals surface area contributed by atoms with Crippen molar-refractivity contribution in [2.75, 3.05) is 25.1 Å². The van der Waals surface area contributed by atoms with E-state index in [9.17, 15) is 9.59 Å². The first-order valence-electron chi connectivity index (χ1n) is 6.40. The van der Waals surface area contributed by atoms with E-state index in [1.165, 1.54) is 11.3 Å². The molecule has 1 fully saturated rings. The van der Waals surface area contributed by atoms with E-state index < -0.39 is 12.1 Å². The van der Waals surface area contributed by atoms with Gasteiger partial charge < -0.3 is 19.9 Å². The highest BCUT2D eigenvalue weighted by Crippen LogP contribution is 2.28. The molecule has 1 amide bonds. The first-order chi connectivity index (χ1) is 10.1. The molecule has 1 aromatic heterocycles. The average molecular weight is 307 g/mol. The number of carboxylic acid groups (broad SMARTS) is 1. The Bertz CT molecular complexity index is 690. The maximum Gasteiger partial charge on any atom is 0.345 e. The highest BCUT2D eigenvalue weighted by Gasteiger charge is 2.22. The van der Waals surface area contributed by atoms with Crippen molar-refractivity contribution in [3.63, 3.8) is 0 Å². The minimum Gasteiger partial charge on any atom is -0.477 e. The molecule has 110 valence electrons. The smallest absolute Gasteiger partial charge is 0.345 e. The quantitative estimate of drug-likeness (QED) is 0.905. The molecule has 1 aliphatic heterocycles. The van der Waals surface area contributed by atoms with E-state index in [2.05, 4.69) is 5.32 Å². The number of aromatic carboxylic acids is 1. The Morgan fingerprint density at radius 3 is 2.86 bits per heavy atom. The zero-order valence-corrected chi connectivity index (χ0v) is 11.8. The highest BCUT2D eigenvalue weighted by molar-refractivity contribution is 7.20. The fourth-order valence-corrected chi connectivity index (χ4v) is 2.97. The van der Waals surface area contributed by atoms with Gasteiger partial charge in [-0.15, -0.1) is 11.3 Å². The standard InChI is InChI=1S/C14H13NO5S/c16-13(10-7-19-3-4-20-10)15-9-1-2-11-8(5-9)6-12(21-11)14(17)18/h1-2,5-6,10H,3-4,7H2,(H,15,16)(H,17,18)/t10-/m1/s1. The van der Waals surface area contributed by atoms with Gasteiger partial charge in [0, 0.05) is 10.4 Å². The summed E-state index contributed by atoms with van der Waals surface area (Å²) in [4.78, 5) is 23.2. The lowest BCUT2D eigenvalue weighted by Gasteiger charge is -2.22. The van der Waals surface area contributed by atoms with Gasteiger partial charge in [0.15, 0.2) is 6.10 Å². The van der Waals surface area contributed by atoms with Gasteiger partial charge in [0.1, 0.15) is 4.88 Å². The van der Waals surface area contributed by atoms with Crippen LogP contribution in [0.4, 0.5) is 5.69 Å². The number of carbonyl (C=O) groups is 2. The van der Waals surface area contributed by atoms with Crippen molar-refractivity contribution in [1.29, 1.82) is 0 Å². The van der Waals surface area contributed by atoms with Gasteiger partial charge in [0.2, 0.25) is 0 Å². The van der Waals surface area contributed by atoms with Crippen LogP contribution in [0.15, 0.2) is 24.3 Å². The van der Waals surface area contributed by atoms with E-state index >= 15 is 0 Å². The van der Waals surface area contributed by atoms with Crippen LogP contribution in [0.2, 0.25) is 0 Å². The van der Waals surface area contributed by atoms with Crippen molar-refractivity contribution >= 4 is 39.0 Å². The lowest BCUT2D eigenvalue weighted by Crippen LogP contribution is -2.39. The Balaban J connectivity index is 1.77. The number of benzene rings is 1. The second kappa shape index (κ2) is 5.80. The number of hydrogen-bond acceptors (Lipinski definition) is 5. The first kappa shape index (κ1) is 14.0. The molecule has 0 aliphatic carbocycles. The van der Waals surface area contributed by atoms with Gasteiger partial charge in [-0.05, 0) is 29.7 Å². The lowest BCUT2D eigenvalue weighted by molar-refractivity contribution is -0.142. The van der Waals surface area contributed by atoms with Gasteiger partial charge in [0.25, 0.3) is 5.91 Å². The summed E-state index contributed by atoms with van der Waals surface area (Å²) in [7, 11) is 0. The Hall–Kier alpha value is -1.96. The molecule has 21 heavy (non-hydrogen) atoms. The number of ether oxygens (including phenoxy) is 2. The summed E-state index contributed by atoms with van der Waals surface area (Å²) in [5.74, 6) is -1.21. The number of fused-ring (bicyclic) bond motifs is 1. The van der Waals surface area contributed by atoms with Crippen LogP contribution in [-0.4, -0.2) is 42.9 Å². The van der Waals surface area contributed by atoms with Crippen LogP contribution >= 0.6 is 11.3 Å². The average Bonchev–Trinajstić information content (AvgIpc) is 2.91. The Morgan fingerprint density at radius 2 is 2.14 bits per heavy atom. The maximum absolute atomic E-state index is 12.0. The maximum atomic E-state index is 12.0. The molecule has 0 spiro atoms. The fraction of sp³-hybridized carbons (Fsp3) is 0.286. The number of nitrogens with one attached hydrogen (secondary N) is 1. The molecule has 1 saturated heterocycles. The summed E-state index contributed by atoms with van der Waals surface area (Å²) < 4.78 is 11.4. The van der Waals surface area contributed by atoms with Crippen LogP contribution in [0, 0.1) is 0 Å². The van der Waals surface area contributed by atoms with E-state index in [4.69, 9.17) is 14.6 Å². The minimum atomic E-state index is -0.950. The molecule has 7 heteroatoms. The normalized spacial score (nSPS) is 18.6. The van der Waals surface area contributed by atoms with Crippen molar-refractivity contribution in [1.82, 2.24) is 0 Å². The van der Waals surface area contributed by atoms with E-state index in [0.29, 0.717) is 18.9 Å². The van der Waals surface area contributed by atoms with Crippen molar-refractivity contribution in [2.24, 2.45) is 0 Å². The SMILES string of the molecule is O=C(O)c1cc2cc(NC(=O)[C@H]3COCCO3)ccc2s1. The third-order valence-corrected chi connectivity index (χ3v) is 4.21. The molecule has 6 nitrogen and oxygen atoms in total. The highest BCUT2D eigenvalue weighted by atomic mass is 32.1. The summed E-state index contributed by atoms with van der Waals surface area (Å²) in [6.07, 6.45) is -0.605. The van der Waals surface area contributed by atoms with Crippen LogP contribution in [-0.2, 0) is 14.3 Å². The van der Waals surface area contributed by atoms with Gasteiger partial charge in [-0.1, -0.05) is 0 Å². The molecule has 0 saturated carbocycles. The van der Waals surface area contributed by atoms with Gasteiger partial charge >= 0.3 is 5.97 Å². The van der Waals surface area contributed by atoms with Crippen LogP contribution in [0.25, 0.3) is 10.1 Å². The van der Waals surface area contributed by atoms with Gasteiger partial charge in [-0.25, -0.2) is 4.79 Å². The zero-order valence-electron chi connectivity index (χ0n) is 11.0. The molecule has 2 aromatic rings. The zero-order chi connectivity index (χ0) is 14.8. The van der Waals surface area contributed by atoms with Crippen molar-refractivity contribution in [3.05, 3.63) is 29.1 Å². The number of carboxylic acids is 1. The summed E-state index contributed by atoms with van der Waals surface area (Å²) >= 11 is 1.20. The molecule has 0 radical (unpaired) electrons. The van der Waals surface area contributed by atoms with Crippen molar-refractivity contribution in [2.45, 2.75) is 6.10 Å². The number of carbonyl (C=O) groups excluding carboxylic acids is 1. The number of rotatable bonds is 3. The van der Waals surface area contributed by atoms with E-state index in [1.807, 2.05) is 0 Å². The van der Waals surface area contributed by atoms with Gasteiger partial charge in [0.05, 0.1) is 19.8 Å². The topological polar surface area (TPSA) is 84.9 Å². The van der Waals surface area contributed by atoms with E-state index in [-0.39, 0.29) is 17.4 Å². The molecule has 3 rings (SSSR count). The monoisotopic (exact) mass is 307 g/mol.